The van der Waals surface area contributed by atoms with Crippen molar-refractivity contribution in [1.29, 1.82) is 0 Å². The van der Waals surface area contributed by atoms with E-state index in [0.717, 1.165) is 19.0 Å². The quantitative estimate of drug-likeness (QED) is 0.907. The lowest BCUT2D eigenvalue weighted by Crippen LogP contribution is -2.24. The molecule has 0 aliphatic heterocycles. The third-order valence-electron chi connectivity index (χ3n) is 2.54. The first-order valence-electron chi connectivity index (χ1n) is 5.67. The van der Waals surface area contributed by atoms with Crippen LogP contribution in [0.1, 0.15) is 30.6 Å². The molecule has 1 N–H and O–H groups in total. The minimum atomic E-state index is -0.582. The molecular formula is C12H13F2N3S. The molecule has 0 amide bonds. The molecule has 3 nitrogen and oxygen atoms in total. The number of aromatic nitrogens is 2. The van der Waals surface area contributed by atoms with Crippen LogP contribution >= 0.6 is 11.5 Å². The Balaban J connectivity index is 2.33. The van der Waals surface area contributed by atoms with Gasteiger partial charge in [-0.15, -0.1) is 5.10 Å². The summed E-state index contributed by atoms with van der Waals surface area (Å²) in [7, 11) is 0. The second-order valence-corrected chi connectivity index (χ2v) is 4.49. The fourth-order valence-corrected chi connectivity index (χ4v) is 2.18. The first kappa shape index (κ1) is 13.0. The summed E-state index contributed by atoms with van der Waals surface area (Å²) in [5.41, 5.74) is 1.04. The maximum atomic E-state index is 13.8. The van der Waals surface area contributed by atoms with Crippen LogP contribution in [0.4, 0.5) is 8.78 Å². The van der Waals surface area contributed by atoms with Gasteiger partial charge in [0.15, 0.2) is 0 Å². The van der Waals surface area contributed by atoms with Crippen molar-refractivity contribution in [2.75, 3.05) is 6.54 Å². The third-order valence-corrected chi connectivity index (χ3v) is 3.07. The highest BCUT2D eigenvalue weighted by molar-refractivity contribution is 7.03. The predicted molar refractivity (Wildman–Crippen MR) is 66.4 cm³/mol. The topological polar surface area (TPSA) is 37.8 Å². The van der Waals surface area contributed by atoms with Crippen LogP contribution in [0.15, 0.2) is 23.6 Å². The molecule has 0 saturated heterocycles. The monoisotopic (exact) mass is 269 g/mol. The molecule has 1 heterocycles. The first-order valence-corrected chi connectivity index (χ1v) is 6.51. The van der Waals surface area contributed by atoms with E-state index in [1.165, 1.54) is 23.7 Å². The standard InChI is InChI=1S/C12H13F2N3S/c1-2-5-15-12(11-7-18-17-16-11)9-4-3-8(13)6-10(9)14/h3-4,6-7,12,15H,2,5H2,1H3. The van der Waals surface area contributed by atoms with Crippen molar-refractivity contribution in [2.45, 2.75) is 19.4 Å². The molecule has 96 valence electrons. The maximum Gasteiger partial charge on any atom is 0.131 e. The van der Waals surface area contributed by atoms with Crippen LogP contribution in [-0.4, -0.2) is 16.1 Å². The van der Waals surface area contributed by atoms with Crippen molar-refractivity contribution in [3.05, 3.63) is 46.5 Å². The van der Waals surface area contributed by atoms with Crippen molar-refractivity contribution >= 4 is 11.5 Å². The van der Waals surface area contributed by atoms with Crippen molar-refractivity contribution < 1.29 is 8.78 Å². The van der Waals surface area contributed by atoms with Crippen LogP contribution in [0.3, 0.4) is 0 Å². The lowest BCUT2D eigenvalue weighted by molar-refractivity contribution is 0.526. The minimum absolute atomic E-state index is 0.385. The van der Waals surface area contributed by atoms with E-state index in [9.17, 15) is 8.78 Å². The molecule has 0 fully saturated rings. The summed E-state index contributed by atoms with van der Waals surface area (Å²) in [4.78, 5) is 0. The molecule has 1 aromatic heterocycles. The molecule has 1 aromatic carbocycles. The summed E-state index contributed by atoms with van der Waals surface area (Å²) in [5.74, 6) is -1.15. The Bertz CT molecular complexity index is 502. The van der Waals surface area contributed by atoms with Crippen LogP contribution in [0.2, 0.25) is 0 Å². The molecule has 2 aromatic rings. The number of nitrogens with zero attached hydrogens (tertiary/aromatic N) is 2. The van der Waals surface area contributed by atoms with Gasteiger partial charge >= 0.3 is 0 Å². The van der Waals surface area contributed by atoms with Crippen molar-refractivity contribution in [3.63, 3.8) is 0 Å². The van der Waals surface area contributed by atoms with Gasteiger partial charge in [0.25, 0.3) is 0 Å². The van der Waals surface area contributed by atoms with E-state index in [0.29, 0.717) is 11.3 Å². The fourth-order valence-electron chi connectivity index (χ4n) is 1.70. The van der Waals surface area contributed by atoms with Gasteiger partial charge in [-0.25, -0.2) is 8.78 Å². The lowest BCUT2D eigenvalue weighted by atomic mass is 10.0. The van der Waals surface area contributed by atoms with E-state index in [2.05, 4.69) is 14.9 Å². The second kappa shape index (κ2) is 5.97. The van der Waals surface area contributed by atoms with E-state index in [-0.39, 0.29) is 6.04 Å². The van der Waals surface area contributed by atoms with E-state index in [1.807, 2.05) is 6.92 Å². The van der Waals surface area contributed by atoms with Gasteiger partial charge in [0, 0.05) is 17.0 Å². The number of halogens is 2. The Hall–Kier alpha value is -1.40. The van der Waals surface area contributed by atoms with Crippen LogP contribution in [0.25, 0.3) is 0 Å². The maximum absolute atomic E-state index is 13.8. The number of rotatable bonds is 5. The zero-order valence-corrected chi connectivity index (χ0v) is 10.7. The molecular weight excluding hydrogens is 256 g/mol. The van der Waals surface area contributed by atoms with Gasteiger partial charge in [0.05, 0.1) is 11.7 Å². The van der Waals surface area contributed by atoms with Gasteiger partial charge in [-0.3, -0.25) is 0 Å². The van der Waals surface area contributed by atoms with Crippen LogP contribution in [0.5, 0.6) is 0 Å². The second-order valence-electron chi connectivity index (χ2n) is 3.88. The number of hydrogen-bond acceptors (Lipinski definition) is 4. The molecule has 18 heavy (non-hydrogen) atoms. The third kappa shape index (κ3) is 2.88. The van der Waals surface area contributed by atoms with Gasteiger partial charge in [-0.2, -0.15) is 0 Å². The van der Waals surface area contributed by atoms with E-state index >= 15 is 0 Å². The van der Waals surface area contributed by atoms with Crippen LogP contribution in [-0.2, 0) is 0 Å². The highest BCUT2D eigenvalue weighted by Crippen LogP contribution is 2.24. The Morgan fingerprint density at radius 1 is 1.39 bits per heavy atom. The molecule has 0 spiro atoms. The van der Waals surface area contributed by atoms with E-state index in [4.69, 9.17) is 0 Å². The van der Waals surface area contributed by atoms with Crippen molar-refractivity contribution in [1.82, 2.24) is 14.9 Å². The van der Waals surface area contributed by atoms with E-state index in [1.54, 1.807) is 5.38 Å². The normalized spacial score (nSPS) is 12.6. The molecule has 0 radical (unpaired) electrons. The highest BCUT2D eigenvalue weighted by Gasteiger charge is 2.19. The molecule has 2 rings (SSSR count). The van der Waals surface area contributed by atoms with E-state index < -0.39 is 11.6 Å². The van der Waals surface area contributed by atoms with Crippen molar-refractivity contribution in [2.24, 2.45) is 0 Å². The molecule has 6 heteroatoms. The van der Waals surface area contributed by atoms with Gasteiger partial charge in [0.1, 0.15) is 11.6 Å². The van der Waals surface area contributed by atoms with Gasteiger partial charge < -0.3 is 5.32 Å². The molecule has 0 bridgehead atoms. The highest BCUT2D eigenvalue weighted by atomic mass is 32.1. The SMILES string of the molecule is CCCNC(c1csnn1)c1ccc(F)cc1F. The number of nitrogens with one attached hydrogen (secondary N) is 1. The molecule has 1 atom stereocenters. The lowest BCUT2D eigenvalue weighted by Gasteiger charge is -2.17. The number of hydrogen-bond donors (Lipinski definition) is 1. The zero-order valence-electron chi connectivity index (χ0n) is 9.86. The number of benzene rings is 1. The van der Waals surface area contributed by atoms with Crippen LogP contribution < -0.4 is 5.32 Å². The summed E-state index contributed by atoms with van der Waals surface area (Å²) in [6.07, 6.45) is 0.914. The molecule has 0 aliphatic carbocycles. The van der Waals surface area contributed by atoms with Crippen molar-refractivity contribution in [3.8, 4) is 0 Å². The summed E-state index contributed by atoms with van der Waals surface area (Å²) < 4.78 is 30.5. The Kier molecular flexibility index (Phi) is 4.33. The Morgan fingerprint density at radius 3 is 2.83 bits per heavy atom. The van der Waals surface area contributed by atoms with Gasteiger partial charge in [0.2, 0.25) is 0 Å². The summed E-state index contributed by atoms with van der Waals surface area (Å²) >= 11 is 1.21. The Morgan fingerprint density at radius 2 is 2.22 bits per heavy atom. The average molecular weight is 269 g/mol. The summed E-state index contributed by atoms with van der Waals surface area (Å²) in [5, 5.41) is 8.91. The minimum Gasteiger partial charge on any atom is -0.305 e. The van der Waals surface area contributed by atoms with Gasteiger partial charge in [-0.05, 0) is 30.6 Å². The summed E-state index contributed by atoms with van der Waals surface area (Å²) in [6.45, 7) is 2.74. The first-order chi connectivity index (χ1) is 8.72. The molecule has 1 unspecified atom stereocenters. The largest absolute Gasteiger partial charge is 0.305 e. The smallest absolute Gasteiger partial charge is 0.131 e. The zero-order chi connectivity index (χ0) is 13.0. The molecule has 0 aliphatic rings. The average Bonchev–Trinajstić information content (AvgIpc) is 2.85. The molecule has 0 saturated carbocycles. The summed E-state index contributed by atoms with van der Waals surface area (Å²) in [6, 6.07) is 3.19. The Labute approximate surface area is 108 Å². The predicted octanol–water partition coefficient (Wildman–Crippen LogP) is 2.91. The van der Waals surface area contributed by atoms with Gasteiger partial charge in [-0.1, -0.05) is 17.5 Å². The van der Waals surface area contributed by atoms with Crippen LogP contribution in [0, 0.1) is 11.6 Å². The fraction of sp³-hybridized carbons (Fsp3) is 0.333.